The number of halogens is 6. The van der Waals surface area contributed by atoms with Crippen LogP contribution < -0.4 is 4.74 Å². The van der Waals surface area contributed by atoms with Gasteiger partial charge in [-0.2, -0.15) is 8.78 Å². The molecule has 0 N–H and O–H groups in total. The van der Waals surface area contributed by atoms with Gasteiger partial charge in [0.2, 0.25) is 5.82 Å². The summed E-state index contributed by atoms with van der Waals surface area (Å²) < 4.78 is 85.8. The van der Waals surface area contributed by atoms with Crippen LogP contribution >= 0.6 is 0 Å². The Labute approximate surface area is 217 Å². The van der Waals surface area contributed by atoms with E-state index in [4.69, 9.17) is 4.74 Å². The third-order valence-electron chi connectivity index (χ3n) is 7.64. The van der Waals surface area contributed by atoms with Crippen LogP contribution in [0.2, 0.25) is 0 Å². The molecule has 38 heavy (non-hydrogen) atoms. The molecule has 0 aliphatic heterocycles. The van der Waals surface area contributed by atoms with Crippen molar-refractivity contribution in [1.82, 2.24) is 9.97 Å². The summed E-state index contributed by atoms with van der Waals surface area (Å²) in [6.45, 7) is 2.29. The second kappa shape index (κ2) is 11.9. The first-order valence-corrected chi connectivity index (χ1v) is 12.9. The molecule has 0 atom stereocenters. The van der Waals surface area contributed by atoms with Gasteiger partial charge in [0.05, 0.1) is 12.4 Å². The molecule has 206 valence electrons. The van der Waals surface area contributed by atoms with E-state index in [2.05, 4.69) is 29.0 Å². The van der Waals surface area contributed by atoms with Crippen LogP contribution in [0.1, 0.15) is 86.0 Å². The topological polar surface area (TPSA) is 52.1 Å². The summed E-state index contributed by atoms with van der Waals surface area (Å²) in [5, 5.41) is 0. The van der Waals surface area contributed by atoms with Gasteiger partial charge < -0.3 is 4.74 Å². The maximum absolute atomic E-state index is 14.8. The Morgan fingerprint density at radius 3 is 1.92 bits per heavy atom. The quantitative estimate of drug-likeness (QED) is 0.203. The normalized spacial score (nSPS) is 24.6. The van der Waals surface area contributed by atoms with Gasteiger partial charge in [0.25, 0.3) is 0 Å². The minimum absolute atomic E-state index is 0.0401. The van der Waals surface area contributed by atoms with Crippen molar-refractivity contribution in [3.63, 3.8) is 0 Å². The number of hydrogen-bond acceptors (Lipinski definition) is 4. The van der Waals surface area contributed by atoms with E-state index in [-0.39, 0.29) is 5.92 Å². The van der Waals surface area contributed by atoms with Crippen LogP contribution in [-0.4, -0.2) is 22.4 Å². The van der Waals surface area contributed by atoms with Crippen LogP contribution in [0.3, 0.4) is 0 Å². The predicted octanol–water partition coefficient (Wildman–Crippen LogP) is 7.99. The Hall–Kier alpha value is -2.91. The molecule has 10 heteroatoms. The summed E-state index contributed by atoms with van der Waals surface area (Å²) in [5.74, 6) is -8.38. The lowest BCUT2D eigenvalue weighted by atomic mass is 9.77. The second-order valence-corrected chi connectivity index (χ2v) is 10.4. The molecule has 2 aliphatic carbocycles. The summed E-state index contributed by atoms with van der Waals surface area (Å²) in [6, 6.07) is 2.24. The van der Waals surface area contributed by atoms with E-state index >= 15 is 0 Å². The maximum Gasteiger partial charge on any atom is 0.365 e. The number of esters is 1. The fourth-order valence-corrected chi connectivity index (χ4v) is 5.26. The molecule has 4 rings (SSSR count). The van der Waals surface area contributed by atoms with Gasteiger partial charge in [-0.3, -0.25) is 0 Å². The third kappa shape index (κ3) is 6.56. The average Bonchev–Trinajstić information content (AvgIpc) is 2.88. The highest BCUT2D eigenvalue weighted by Crippen LogP contribution is 2.38. The Morgan fingerprint density at radius 1 is 0.921 bits per heavy atom. The largest absolute Gasteiger partial charge is 0.419 e. The van der Waals surface area contributed by atoms with E-state index in [1.54, 1.807) is 0 Å². The lowest BCUT2D eigenvalue weighted by molar-refractivity contribution is -0.141. The molecule has 0 bridgehead atoms. The number of rotatable bonds is 7. The molecule has 0 saturated heterocycles. The van der Waals surface area contributed by atoms with Crippen LogP contribution in [0.25, 0.3) is 0 Å². The van der Waals surface area contributed by atoms with E-state index < -0.39 is 47.1 Å². The van der Waals surface area contributed by atoms with Gasteiger partial charge in [0, 0.05) is 0 Å². The highest BCUT2D eigenvalue weighted by molar-refractivity contribution is 5.91. The van der Waals surface area contributed by atoms with E-state index in [1.165, 1.54) is 25.7 Å². The molecule has 2 saturated carbocycles. The Kier molecular flexibility index (Phi) is 8.78. The van der Waals surface area contributed by atoms with Gasteiger partial charge in [-0.25, -0.2) is 32.3 Å². The number of benzene rings is 1. The number of aromatic nitrogens is 2. The Balaban J connectivity index is 1.35. The molecule has 1 aromatic heterocycles. The van der Waals surface area contributed by atoms with Crippen molar-refractivity contribution in [3.05, 3.63) is 65.3 Å². The van der Waals surface area contributed by atoms with Gasteiger partial charge >= 0.3 is 18.3 Å². The van der Waals surface area contributed by atoms with Gasteiger partial charge in [-0.1, -0.05) is 31.9 Å². The Bertz CT molecular complexity index is 1120. The molecule has 1 heterocycles. The molecule has 2 aliphatic rings. The maximum atomic E-state index is 14.8. The molecule has 4 nitrogen and oxygen atoms in total. The number of allylic oxidation sites excluding steroid dienone is 2. The molecule has 2 fully saturated rings. The number of hydrogen-bond donors (Lipinski definition) is 0. The number of alkyl halides is 4. The smallest absolute Gasteiger partial charge is 0.365 e. The molecule has 2 aromatic rings. The third-order valence-corrected chi connectivity index (χ3v) is 7.64. The molecule has 1 aromatic carbocycles. The van der Waals surface area contributed by atoms with Crippen molar-refractivity contribution >= 4 is 5.97 Å². The summed E-state index contributed by atoms with van der Waals surface area (Å²) in [7, 11) is 0. The number of carbonyl (C=O) groups is 1. The minimum atomic E-state index is -4.60. The number of ether oxygens (including phenoxy) is 1. The first-order chi connectivity index (χ1) is 18.0. The highest BCUT2D eigenvalue weighted by atomic mass is 19.3. The summed E-state index contributed by atoms with van der Waals surface area (Å²) in [6.07, 6.45) is 10.1. The van der Waals surface area contributed by atoms with E-state index in [0.29, 0.717) is 29.8 Å². The summed E-state index contributed by atoms with van der Waals surface area (Å²) in [5.41, 5.74) is -0.490. The summed E-state index contributed by atoms with van der Waals surface area (Å²) in [4.78, 5) is 18.5. The van der Waals surface area contributed by atoms with Crippen LogP contribution in [0, 0.1) is 29.4 Å². The van der Waals surface area contributed by atoms with Crippen LogP contribution in [-0.2, 0) is 5.92 Å². The monoisotopic (exact) mass is 540 g/mol. The Morgan fingerprint density at radius 2 is 1.42 bits per heavy atom. The zero-order valence-corrected chi connectivity index (χ0v) is 21.0. The number of nitrogens with zero attached hydrogens (tertiary/aromatic N) is 2. The van der Waals surface area contributed by atoms with Crippen molar-refractivity contribution in [2.75, 3.05) is 0 Å². The zero-order valence-electron chi connectivity index (χ0n) is 21.0. The van der Waals surface area contributed by atoms with E-state index in [0.717, 1.165) is 43.7 Å². The van der Waals surface area contributed by atoms with Crippen molar-refractivity contribution in [2.45, 2.75) is 76.6 Å². The van der Waals surface area contributed by atoms with Crippen LogP contribution in [0.5, 0.6) is 5.75 Å². The highest BCUT2D eigenvalue weighted by Gasteiger charge is 2.45. The van der Waals surface area contributed by atoms with Gasteiger partial charge in [0.15, 0.2) is 5.75 Å². The second-order valence-electron chi connectivity index (χ2n) is 10.4. The van der Waals surface area contributed by atoms with E-state index in [9.17, 15) is 31.1 Å². The molecule has 0 unspecified atom stereocenters. The lowest BCUT2D eigenvalue weighted by Gasteiger charge is -2.28. The average molecular weight is 541 g/mol. The molecule has 0 radical (unpaired) electrons. The molecule has 0 amide bonds. The van der Waals surface area contributed by atoms with Crippen molar-refractivity contribution in [3.8, 4) is 5.75 Å². The summed E-state index contributed by atoms with van der Waals surface area (Å²) >= 11 is 0. The van der Waals surface area contributed by atoms with Crippen molar-refractivity contribution < 1.29 is 35.9 Å². The SMILES string of the molecule is CC1CCC(/C=C/C2CCC(c3cc(F)c(C(=O)Oc4cnc(C(F)(F)C(F)F)nc4)c(F)c3)CC2)CC1. The molecular formula is C28H30F6N2O2. The first kappa shape index (κ1) is 28.1. The van der Waals surface area contributed by atoms with Crippen LogP contribution in [0.15, 0.2) is 36.7 Å². The minimum Gasteiger partial charge on any atom is -0.419 e. The standard InChI is InChI=1S/C28H30F6N2O2/c1-16-2-4-17(5-3-16)6-7-18-8-10-19(11-9-18)20-12-22(29)24(23(30)13-20)25(37)38-21-14-35-27(36-15-21)28(33,34)26(31)32/h6-7,12-19,26H,2-5,8-11H2,1H3/b7-6+. The van der Waals surface area contributed by atoms with Crippen LogP contribution in [0.4, 0.5) is 26.3 Å². The van der Waals surface area contributed by atoms with Crippen molar-refractivity contribution in [2.24, 2.45) is 17.8 Å². The van der Waals surface area contributed by atoms with Crippen molar-refractivity contribution in [1.29, 1.82) is 0 Å². The molecular weight excluding hydrogens is 510 g/mol. The zero-order chi connectivity index (χ0) is 27.4. The fraction of sp³-hybridized carbons (Fsp3) is 0.536. The first-order valence-electron chi connectivity index (χ1n) is 12.9. The lowest BCUT2D eigenvalue weighted by Crippen LogP contribution is -2.26. The number of carbonyl (C=O) groups excluding carboxylic acids is 1. The predicted molar refractivity (Wildman–Crippen MR) is 128 cm³/mol. The van der Waals surface area contributed by atoms with Gasteiger partial charge in [0.1, 0.15) is 17.2 Å². The van der Waals surface area contributed by atoms with Gasteiger partial charge in [-0.05, 0) is 79.9 Å². The molecule has 0 spiro atoms. The van der Waals surface area contributed by atoms with Gasteiger partial charge in [-0.15, -0.1) is 0 Å². The fourth-order valence-electron chi connectivity index (χ4n) is 5.26. The van der Waals surface area contributed by atoms with E-state index in [1.807, 2.05) is 0 Å².